The lowest BCUT2D eigenvalue weighted by Crippen LogP contribution is -2.40. The fourth-order valence-electron chi connectivity index (χ4n) is 3.72. The minimum absolute atomic E-state index is 0.00677. The van der Waals surface area contributed by atoms with Crippen LogP contribution in [0, 0.1) is 6.92 Å². The number of carbonyl (C=O) groups is 2. The molecule has 2 atom stereocenters. The van der Waals surface area contributed by atoms with E-state index in [9.17, 15) is 9.59 Å². The second-order valence-electron chi connectivity index (χ2n) is 7.49. The quantitative estimate of drug-likeness (QED) is 0.654. The van der Waals surface area contributed by atoms with E-state index in [1.165, 1.54) is 11.8 Å². The summed E-state index contributed by atoms with van der Waals surface area (Å²) in [5.41, 5.74) is 3.93. The van der Waals surface area contributed by atoms with Gasteiger partial charge < -0.3 is 4.74 Å². The molecule has 1 saturated heterocycles. The van der Waals surface area contributed by atoms with Gasteiger partial charge in [0.25, 0.3) is 0 Å². The van der Waals surface area contributed by atoms with E-state index >= 15 is 0 Å². The number of amides is 1. The largest absolute Gasteiger partial charge is 0.457 e. The zero-order chi connectivity index (χ0) is 21.3. The first-order valence-electron chi connectivity index (χ1n) is 10.1. The van der Waals surface area contributed by atoms with Crippen molar-refractivity contribution < 1.29 is 14.3 Å². The molecule has 0 unspecified atom stereocenters. The van der Waals surface area contributed by atoms with Gasteiger partial charge in [0.05, 0.1) is 22.6 Å². The molecule has 5 nitrogen and oxygen atoms in total. The van der Waals surface area contributed by atoms with Crippen LogP contribution in [-0.2, 0) is 20.9 Å². The van der Waals surface area contributed by atoms with Gasteiger partial charge in [-0.15, -0.1) is 0 Å². The summed E-state index contributed by atoms with van der Waals surface area (Å²) in [6.45, 7) is 5.99. The summed E-state index contributed by atoms with van der Waals surface area (Å²) in [6.07, 6.45) is 0.715. The van der Waals surface area contributed by atoms with E-state index in [1.807, 2.05) is 75.4 Å². The molecule has 0 aliphatic carbocycles. The fourth-order valence-corrected chi connectivity index (χ4v) is 4.85. The molecule has 2 aromatic carbocycles. The lowest BCUT2D eigenvalue weighted by molar-refractivity contribution is -0.141. The van der Waals surface area contributed by atoms with Crippen molar-refractivity contribution >= 4 is 28.8 Å². The van der Waals surface area contributed by atoms with Gasteiger partial charge in [-0.25, -0.2) is 9.79 Å². The Kier molecular flexibility index (Phi) is 5.77. The Hall–Kier alpha value is -2.86. The van der Waals surface area contributed by atoms with Crippen LogP contribution in [0.3, 0.4) is 0 Å². The number of thioether (sulfide) groups is 1. The van der Waals surface area contributed by atoms with Crippen LogP contribution >= 0.6 is 11.8 Å². The average molecular weight is 421 g/mol. The van der Waals surface area contributed by atoms with Crippen LogP contribution in [0.4, 0.5) is 0 Å². The van der Waals surface area contributed by atoms with Crippen molar-refractivity contribution in [1.82, 2.24) is 4.90 Å². The molecule has 6 heteroatoms. The van der Waals surface area contributed by atoms with Crippen LogP contribution in [0.2, 0.25) is 0 Å². The second-order valence-corrected chi connectivity index (χ2v) is 8.66. The molecule has 0 radical (unpaired) electrons. The molecule has 2 heterocycles. The van der Waals surface area contributed by atoms with Gasteiger partial charge in [0, 0.05) is 0 Å². The van der Waals surface area contributed by atoms with E-state index in [0.29, 0.717) is 22.9 Å². The lowest BCUT2D eigenvalue weighted by atomic mass is 9.93. The number of esters is 1. The Morgan fingerprint density at radius 1 is 1.10 bits per heavy atom. The standard InChI is InChI=1S/C24H24N2O3S/c1-4-19-22(27)26-21(18-12-10-15(2)11-13-18)20(16(3)25-24(26)30-19)23(28)29-14-17-8-6-5-7-9-17/h5-13,19,21H,4,14H2,1-3H3/t19-,21+/m1/s1. The van der Waals surface area contributed by atoms with Crippen LogP contribution < -0.4 is 0 Å². The molecule has 1 fully saturated rings. The van der Waals surface area contributed by atoms with Gasteiger partial charge in [-0.1, -0.05) is 78.8 Å². The topological polar surface area (TPSA) is 59.0 Å². The highest BCUT2D eigenvalue weighted by atomic mass is 32.2. The van der Waals surface area contributed by atoms with Crippen molar-refractivity contribution in [3.05, 3.63) is 82.6 Å². The van der Waals surface area contributed by atoms with Crippen molar-refractivity contribution in [2.45, 2.75) is 45.1 Å². The Morgan fingerprint density at radius 2 is 1.80 bits per heavy atom. The zero-order valence-electron chi connectivity index (χ0n) is 17.3. The number of ether oxygens (including phenoxy) is 1. The fraction of sp³-hybridized carbons (Fsp3) is 0.292. The minimum atomic E-state index is -0.530. The van der Waals surface area contributed by atoms with E-state index in [1.54, 1.807) is 4.90 Å². The minimum Gasteiger partial charge on any atom is -0.457 e. The molecular weight excluding hydrogens is 396 g/mol. The van der Waals surface area contributed by atoms with Gasteiger partial charge in [-0.3, -0.25) is 9.69 Å². The zero-order valence-corrected chi connectivity index (χ0v) is 18.1. The Bertz CT molecular complexity index is 1030. The molecule has 0 saturated carbocycles. The summed E-state index contributed by atoms with van der Waals surface area (Å²) in [5, 5.41) is 0.485. The molecule has 30 heavy (non-hydrogen) atoms. The molecule has 2 aliphatic heterocycles. The van der Waals surface area contributed by atoms with Gasteiger partial charge in [-0.2, -0.15) is 0 Å². The van der Waals surface area contributed by atoms with Crippen molar-refractivity contribution in [2.75, 3.05) is 0 Å². The number of allylic oxidation sites excluding steroid dienone is 1. The summed E-state index contributed by atoms with van der Waals surface area (Å²) < 4.78 is 5.64. The monoisotopic (exact) mass is 420 g/mol. The number of hydrogen-bond donors (Lipinski definition) is 0. The first-order valence-corrected chi connectivity index (χ1v) is 10.9. The van der Waals surface area contributed by atoms with Crippen LogP contribution in [0.15, 0.2) is 70.9 Å². The Balaban J connectivity index is 1.71. The van der Waals surface area contributed by atoms with Gasteiger partial charge in [0.15, 0.2) is 5.17 Å². The van der Waals surface area contributed by atoms with Crippen LogP contribution in [0.1, 0.15) is 43.0 Å². The highest BCUT2D eigenvalue weighted by Gasteiger charge is 2.47. The smallest absolute Gasteiger partial charge is 0.338 e. The highest BCUT2D eigenvalue weighted by molar-refractivity contribution is 8.15. The number of benzene rings is 2. The third-order valence-corrected chi connectivity index (χ3v) is 6.67. The molecule has 154 valence electrons. The normalized spacial score (nSPS) is 20.8. The number of amidine groups is 1. The molecule has 4 rings (SSSR count). The number of nitrogens with zero attached hydrogens (tertiary/aromatic N) is 2. The van der Waals surface area contributed by atoms with E-state index in [2.05, 4.69) is 4.99 Å². The second kappa shape index (κ2) is 8.48. The first-order chi connectivity index (χ1) is 14.5. The number of hydrogen-bond acceptors (Lipinski definition) is 5. The summed E-state index contributed by atoms with van der Waals surface area (Å²) in [5.74, 6) is -0.449. The Morgan fingerprint density at radius 3 is 2.47 bits per heavy atom. The van der Waals surface area contributed by atoms with Gasteiger partial charge >= 0.3 is 5.97 Å². The van der Waals surface area contributed by atoms with Crippen molar-refractivity contribution in [3.8, 4) is 0 Å². The van der Waals surface area contributed by atoms with Crippen LogP contribution in [-0.4, -0.2) is 27.2 Å². The van der Waals surface area contributed by atoms with Crippen molar-refractivity contribution in [3.63, 3.8) is 0 Å². The molecule has 0 bridgehead atoms. The maximum absolute atomic E-state index is 13.2. The molecule has 0 spiro atoms. The summed E-state index contributed by atoms with van der Waals surface area (Å²) in [7, 11) is 0. The van der Waals surface area contributed by atoms with Crippen LogP contribution in [0.5, 0.6) is 0 Å². The van der Waals surface area contributed by atoms with E-state index in [-0.39, 0.29) is 17.8 Å². The summed E-state index contributed by atoms with van der Waals surface area (Å²) in [6, 6.07) is 17.0. The third kappa shape index (κ3) is 3.79. The van der Waals surface area contributed by atoms with Crippen molar-refractivity contribution in [2.24, 2.45) is 4.99 Å². The molecular formula is C24H24N2O3S. The first kappa shape index (κ1) is 20.4. The third-order valence-electron chi connectivity index (χ3n) is 5.35. The van der Waals surface area contributed by atoms with E-state index in [4.69, 9.17) is 4.74 Å². The van der Waals surface area contributed by atoms with E-state index < -0.39 is 12.0 Å². The average Bonchev–Trinajstić information content (AvgIpc) is 3.07. The number of fused-ring (bicyclic) bond motifs is 1. The maximum atomic E-state index is 13.2. The number of aryl methyl sites for hydroxylation is 1. The highest BCUT2D eigenvalue weighted by Crippen LogP contribution is 2.44. The Labute approximate surface area is 180 Å². The predicted molar refractivity (Wildman–Crippen MR) is 119 cm³/mol. The van der Waals surface area contributed by atoms with Gasteiger partial charge in [-0.05, 0) is 31.4 Å². The van der Waals surface area contributed by atoms with E-state index in [0.717, 1.165) is 16.7 Å². The maximum Gasteiger partial charge on any atom is 0.338 e. The molecule has 2 aromatic rings. The summed E-state index contributed by atoms with van der Waals surface area (Å²) >= 11 is 1.47. The van der Waals surface area contributed by atoms with Gasteiger partial charge in [0.1, 0.15) is 6.61 Å². The molecule has 2 aliphatic rings. The number of carbonyl (C=O) groups excluding carboxylic acids is 2. The van der Waals surface area contributed by atoms with Gasteiger partial charge in [0.2, 0.25) is 5.91 Å². The predicted octanol–water partition coefficient (Wildman–Crippen LogP) is 4.78. The molecule has 0 aromatic heterocycles. The summed E-state index contributed by atoms with van der Waals surface area (Å²) in [4.78, 5) is 32.6. The van der Waals surface area contributed by atoms with Crippen LogP contribution in [0.25, 0.3) is 0 Å². The molecule has 0 N–H and O–H groups in total. The SMILES string of the molecule is CC[C@H]1SC2=NC(C)=C(C(=O)OCc3ccccc3)[C@H](c3ccc(C)cc3)N2C1=O. The number of rotatable bonds is 5. The number of aliphatic imine (C=N–C) groups is 1. The van der Waals surface area contributed by atoms with Crippen molar-refractivity contribution in [1.29, 1.82) is 0 Å². The molecule has 1 amide bonds. The lowest BCUT2D eigenvalue weighted by Gasteiger charge is -2.33.